The molecule has 1 fully saturated rings. The molecular formula is C23H27N3O3. The molecule has 1 aliphatic rings. The molecule has 1 heterocycles. The van der Waals surface area contributed by atoms with Gasteiger partial charge in [0, 0.05) is 25.2 Å². The monoisotopic (exact) mass is 393 g/mol. The molecule has 29 heavy (non-hydrogen) atoms. The highest BCUT2D eigenvalue weighted by molar-refractivity contribution is 5.96. The number of carbonyl (C=O) groups excluding carboxylic acids is 3. The van der Waals surface area contributed by atoms with Crippen molar-refractivity contribution >= 4 is 23.4 Å². The van der Waals surface area contributed by atoms with Crippen LogP contribution in [0.1, 0.15) is 30.0 Å². The molecule has 152 valence electrons. The molecule has 2 aromatic rings. The second kappa shape index (κ2) is 9.37. The van der Waals surface area contributed by atoms with Crippen molar-refractivity contribution in [1.29, 1.82) is 0 Å². The predicted molar refractivity (Wildman–Crippen MR) is 112 cm³/mol. The normalized spacial score (nSPS) is 16.0. The van der Waals surface area contributed by atoms with Gasteiger partial charge in [-0.25, -0.2) is 0 Å². The fraction of sp³-hybridized carbons (Fsp3) is 0.348. The van der Waals surface area contributed by atoms with E-state index in [0.717, 1.165) is 23.2 Å². The van der Waals surface area contributed by atoms with Gasteiger partial charge in [0.2, 0.25) is 17.7 Å². The SMILES string of the molecule is CCc1ccccc1NC(=O)CNC(=O)[C@H]1CC(=O)N(Cc2ccc(C)cc2)C1. The van der Waals surface area contributed by atoms with Gasteiger partial charge in [0.05, 0.1) is 12.5 Å². The summed E-state index contributed by atoms with van der Waals surface area (Å²) in [6.07, 6.45) is 0.988. The number of aryl methyl sites for hydroxylation is 2. The summed E-state index contributed by atoms with van der Waals surface area (Å²) < 4.78 is 0. The molecule has 0 saturated carbocycles. The van der Waals surface area contributed by atoms with Gasteiger partial charge in [-0.1, -0.05) is 55.0 Å². The third kappa shape index (κ3) is 5.44. The van der Waals surface area contributed by atoms with Crippen LogP contribution in [-0.4, -0.2) is 35.7 Å². The highest BCUT2D eigenvalue weighted by Crippen LogP contribution is 2.21. The molecule has 1 atom stereocenters. The Hall–Kier alpha value is -3.15. The molecule has 2 N–H and O–H groups in total. The van der Waals surface area contributed by atoms with E-state index in [1.807, 2.05) is 62.4 Å². The van der Waals surface area contributed by atoms with E-state index < -0.39 is 5.92 Å². The Morgan fingerprint density at radius 1 is 1.10 bits per heavy atom. The molecule has 0 aliphatic carbocycles. The molecular weight excluding hydrogens is 366 g/mol. The van der Waals surface area contributed by atoms with Crippen LogP contribution in [0.3, 0.4) is 0 Å². The number of benzene rings is 2. The van der Waals surface area contributed by atoms with Gasteiger partial charge in [-0.15, -0.1) is 0 Å². The molecule has 3 rings (SSSR count). The van der Waals surface area contributed by atoms with Gasteiger partial charge in [0.1, 0.15) is 0 Å². The van der Waals surface area contributed by atoms with E-state index in [2.05, 4.69) is 10.6 Å². The van der Waals surface area contributed by atoms with Crippen LogP contribution in [0.5, 0.6) is 0 Å². The lowest BCUT2D eigenvalue weighted by Gasteiger charge is -2.17. The van der Waals surface area contributed by atoms with Crippen molar-refractivity contribution in [3.05, 3.63) is 65.2 Å². The topological polar surface area (TPSA) is 78.5 Å². The van der Waals surface area contributed by atoms with Crippen molar-refractivity contribution in [2.75, 3.05) is 18.4 Å². The second-order valence-electron chi connectivity index (χ2n) is 7.44. The van der Waals surface area contributed by atoms with Crippen molar-refractivity contribution < 1.29 is 14.4 Å². The molecule has 3 amide bonds. The Morgan fingerprint density at radius 3 is 2.55 bits per heavy atom. The maximum atomic E-state index is 12.4. The van der Waals surface area contributed by atoms with E-state index in [-0.39, 0.29) is 30.7 Å². The van der Waals surface area contributed by atoms with E-state index in [0.29, 0.717) is 13.1 Å². The zero-order chi connectivity index (χ0) is 20.8. The summed E-state index contributed by atoms with van der Waals surface area (Å²) >= 11 is 0. The quantitative estimate of drug-likeness (QED) is 0.759. The minimum atomic E-state index is -0.427. The van der Waals surface area contributed by atoms with Gasteiger partial charge in [0.15, 0.2) is 0 Å². The lowest BCUT2D eigenvalue weighted by molar-refractivity contribution is -0.129. The van der Waals surface area contributed by atoms with Crippen LogP contribution in [0.25, 0.3) is 0 Å². The van der Waals surface area contributed by atoms with Crippen LogP contribution in [0, 0.1) is 12.8 Å². The van der Waals surface area contributed by atoms with E-state index in [1.165, 1.54) is 5.56 Å². The van der Waals surface area contributed by atoms with Crippen LogP contribution in [-0.2, 0) is 27.3 Å². The molecule has 0 spiro atoms. The summed E-state index contributed by atoms with van der Waals surface area (Å²) in [7, 11) is 0. The van der Waals surface area contributed by atoms with Crippen molar-refractivity contribution in [2.24, 2.45) is 5.92 Å². The van der Waals surface area contributed by atoms with Crippen LogP contribution >= 0.6 is 0 Å². The minimum absolute atomic E-state index is 0.0351. The summed E-state index contributed by atoms with van der Waals surface area (Å²) in [6, 6.07) is 15.6. The van der Waals surface area contributed by atoms with Crippen LogP contribution in [0.15, 0.2) is 48.5 Å². The van der Waals surface area contributed by atoms with Crippen molar-refractivity contribution in [3.8, 4) is 0 Å². The number of nitrogens with zero attached hydrogens (tertiary/aromatic N) is 1. The van der Waals surface area contributed by atoms with Gasteiger partial charge in [-0.3, -0.25) is 14.4 Å². The summed E-state index contributed by atoms with van der Waals surface area (Å²) in [4.78, 5) is 38.6. The number of hydrogen-bond donors (Lipinski definition) is 2. The highest BCUT2D eigenvalue weighted by atomic mass is 16.2. The Balaban J connectivity index is 1.48. The molecule has 0 bridgehead atoms. The summed E-state index contributed by atoms with van der Waals surface area (Å²) in [5.74, 6) is -1.00. The van der Waals surface area contributed by atoms with Gasteiger partial charge in [-0.05, 0) is 30.5 Å². The van der Waals surface area contributed by atoms with Crippen molar-refractivity contribution in [2.45, 2.75) is 33.2 Å². The maximum Gasteiger partial charge on any atom is 0.243 e. The second-order valence-corrected chi connectivity index (χ2v) is 7.44. The molecule has 2 aromatic carbocycles. The number of hydrogen-bond acceptors (Lipinski definition) is 3. The number of amides is 3. The first-order valence-electron chi connectivity index (χ1n) is 9.95. The number of nitrogens with one attached hydrogen (secondary N) is 2. The third-order valence-corrected chi connectivity index (χ3v) is 5.17. The Kier molecular flexibility index (Phi) is 6.65. The largest absolute Gasteiger partial charge is 0.347 e. The maximum absolute atomic E-state index is 12.4. The van der Waals surface area contributed by atoms with E-state index >= 15 is 0 Å². The average Bonchev–Trinajstić information content (AvgIpc) is 3.08. The van der Waals surface area contributed by atoms with Crippen LogP contribution < -0.4 is 10.6 Å². The minimum Gasteiger partial charge on any atom is -0.347 e. The summed E-state index contributed by atoms with van der Waals surface area (Å²) in [6.45, 7) is 4.80. The molecule has 1 aliphatic heterocycles. The lowest BCUT2D eigenvalue weighted by atomic mass is 10.1. The van der Waals surface area contributed by atoms with Gasteiger partial charge in [0.25, 0.3) is 0 Å². The van der Waals surface area contributed by atoms with E-state index in [1.54, 1.807) is 4.90 Å². The van der Waals surface area contributed by atoms with Gasteiger partial charge < -0.3 is 15.5 Å². The van der Waals surface area contributed by atoms with Crippen LogP contribution in [0.2, 0.25) is 0 Å². The highest BCUT2D eigenvalue weighted by Gasteiger charge is 2.34. The van der Waals surface area contributed by atoms with Gasteiger partial charge >= 0.3 is 0 Å². The van der Waals surface area contributed by atoms with E-state index in [4.69, 9.17) is 0 Å². The number of para-hydroxylation sites is 1. The predicted octanol–water partition coefficient (Wildman–Crippen LogP) is 2.66. The number of likely N-dealkylation sites (tertiary alicyclic amines) is 1. The fourth-order valence-corrected chi connectivity index (χ4v) is 3.47. The molecule has 0 aromatic heterocycles. The first-order valence-corrected chi connectivity index (χ1v) is 9.95. The van der Waals surface area contributed by atoms with E-state index in [9.17, 15) is 14.4 Å². The summed E-state index contributed by atoms with van der Waals surface area (Å²) in [5, 5.41) is 5.50. The zero-order valence-electron chi connectivity index (χ0n) is 16.9. The molecule has 6 heteroatoms. The molecule has 1 saturated heterocycles. The Labute approximate surface area is 171 Å². The van der Waals surface area contributed by atoms with Crippen molar-refractivity contribution in [3.63, 3.8) is 0 Å². The van der Waals surface area contributed by atoms with Gasteiger partial charge in [-0.2, -0.15) is 0 Å². The molecule has 6 nitrogen and oxygen atoms in total. The number of anilines is 1. The molecule has 0 radical (unpaired) electrons. The first kappa shape index (κ1) is 20.6. The first-order chi connectivity index (χ1) is 14.0. The Morgan fingerprint density at radius 2 is 1.83 bits per heavy atom. The average molecular weight is 393 g/mol. The van der Waals surface area contributed by atoms with Crippen molar-refractivity contribution in [1.82, 2.24) is 10.2 Å². The Bertz CT molecular complexity index is 892. The van der Waals surface area contributed by atoms with Crippen LogP contribution in [0.4, 0.5) is 5.69 Å². The number of carbonyl (C=O) groups is 3. The fourth-order valence-electron chi connectivity index (χ4n) is 3.47. The third-order valence-electron chi connectivity index (χ3n) is 5.17. The summed E-state index contributed by atoms with van der Waals surface area (Å²) in [5.41, 5.74) is 4.01. The standard InChI is InChI=1S/C23H27N3O3/c1-3-18-6-4-5-7-20(18)25-21(27)13-24-23(29)19-12-22(28)26(15-19)14-17-10-8-16(2)9-11-17/h4-11,19H,3,12-15H2,1-2H3,(H,24,29)(H,25,27)/t19-/m0/s1. The zero-order valence-corrected chi connectivity index (χ0v) is 16.9. The number of rotatable bonds is 7. The smallest absolute Gasteiger partial charge is 0.243 e. The lowest BCUT2D eigenvalue weighted by Crippen LogP contribution is -2.38. The molecule has 0 unspecified atom stereocenters.